The minimum Gasteiger partial charge on any atom is -0.322 e. The number of piperazine rings is 1. The second kappa shape index (κ2) is 8.13. The highest BCUT2D eigenvalue weighted by Crippen LogP contribution is 2.41. The number of benzene rings is 3. The van der Waals surface area contributed by atoms with Gasteiger partial charge in [0.15, 0.2) is 0 Å². The number of hydrogen-bond acceptors (Lipinski definition) is 4. The lowest BCUT2D eigenvalue weighted by Gasteiger charge is -2.34. The van der Waals surface area contributed by atoms with Gasteiger partial charge in [0.2, 0.25) is 0 Å². The summed E-state index contributed by atoms with van der Waals surface area (Å²) in [7, 11) is 0. The van der Waals surface area contributed by atoms with Crippen molar-refractivity contribution in [1.29, 1.82) is 0 Å². The van der Waals surface area contributed by atoms with Gasteiger partial charge in [-0.1, -0.05) is 66.2 Å². The summed E-state index contributed by atoms with van der Waals surface area (Å²) in [6.07, 6.45) is 1.68. The number of fused-ring (bicyclic) bond motifs is 3. The molecule has 7 heteroatoms. The highest BCUT2D eigenvalue weighted by Gasteiger charge is 2.37. The Morgan fingerprint density at radius 1 is 1.00 bits per heavy atom. The van der Waals surface area contributed by atoms with Gasteiger partial charge in [-0.25, -0.2) is 0 Å². The Bertz CT molecular complexity index is 1130. The van der Waals surface area contributed by atoms with Crippen LogP contribution in [0.5, 0.6) is 0 Å². The molecule has 5 rings (SSSR count). The summed E-state index contributed by atoms with van der Waals surface area (Å²) in [6, 6.07) is 22.5. The lowest BCUT2D eigenvalue weighted by Crippen LogP contribution is -3.14. The number of nitro benzene ring substituents is 1. The summed E-state index contributed by atoms with van der Waals surface area (Å²) in [6.45, 7) is 3.63. The second-order valence-corrected chi connectivity index (χ2v) is 8.34. The van der Waals surface area contributed by atoms with E-state index in [1.54, 1.807) is 17.2 Å². The van der Waals surface area contributed by atoms with Gasteiger partial charge < -0.3 is 4.90 Å². The third kappa shape index (κ3) is 3.69. The molecule has 3 aromatic rings. The minimum absolute atomic E-state index is 0.0987. The third-order valence-electron chi connectivity index (χ3n) is 6.16. The van der Waals surface area contributed by atoms with Gasteiger partial charge in [-0.2, -0.15) is 5.10 Å². The minimum atomic E-state index is -0.473. The molecule has 0 aromatic heterocycles. The Balaban J connectivity index is 1.30. The van der Waals surface area contributed by atoms with Crippen molar-refractivity contribution in [1.82, 2.24) is 5.01 Å². The number of halogens is 1. The third-order valence-corrected chi connectivity index (χ3v) is 6.48. The molecule has 1 heterocycles. The summed E-state index contributed by atoms with van der Waals surface area (Å²) in [5, 5.41) is 17.8. The van der Waals surface area contributed by atoms with Crippen LogP contribution >= 0.6 is 11.6 Å². The fourth-order valence-corrected chi connectivity index (χ4v) is 4.87. The summed E-state index contributed by atoms with van der Waals surface area (Å²) in [5.41, 5.74) is 6.08. The number of rotatable bonds is 4. The first kappa shape index (κ1) is 19.7. The molecule has 3 aromatic carbocycles. The topological polar surface area (TPSA) is 63.2 Å². The first-order chi connectivity index (χ1) is 15.1. The first-order valence-electron chi connectivity index (χ1n) is 10.4. The van der Waals surface area contributed by atoms with E-state index >= 15 is 0 Å². The Hall–Kier alpha value is -3.22. The fraction of sp³-hybridized carbons (Fsp3) is 0.208. The molecular formula is C24H22ClN4O2+. The predicted octanol–water partition coefficient (Wildman–Crippen LogP) is 3.55. The van der Waals surface area contributed by atoms with E-state index in [0.29, 0.717) is 11.6 Å². The summed E-state index contributed by atoms with van der Waals surface area (Å²) in [4.78, 5) is 12.2. The van der Waals surface area contributed by atoms with Crippen molar-refractivity contribution in [2.45, 2.75) is 6.04 Å². The van der Waals surface area contributed by atoms with Crippen LogP contribution in [-0.4, -0.2) is 42.3 Å². The van der Waals surface area contributed by atoms with Crippen LogP contribution in [0.2, 0.25) is 5.02 Å². The Labute approximate surface area is 185 Å². The molecule has 6 nitrogen and oxygen atoms in total. The molecule has 1 aliphatic carbocycles. The molecular weight excluding hydrogens is 412 g/mol. The van der Waals surface area contributed by atoms with Gasteiger partial charge >= 0.3 is 0 Å². The zero-order valence-electron chi connectivity index (χ0n) is 16.9. The lowest BCUT2D eigenvalue weighted by molar-refractivity contribution is -0.929. The normalized spacial score (nSPS) is 16.5. The molecule has 31 heavy (non-hydrogen) atoms. The van der Waals surface area contributed by atoms with Crippen molar-refractivity contribution in [3.63, 3.8) is 0 Å². The number of hydrazone groups is 1. The first-order valence-corrected chi connectivity index (χ1v) is 10.8. The largest absolute Gasteiger partial charge is 0.322 e. The average molecular weight is 434 g/mol. The molecule has 0 spiro atoms. The molecule has 1 N–H and O–H groups in total. The maximum absolute atomic E-state index is 11.1. The van der Waals surface area contributed by atoms with E-state index in [4.69, 9.17) is 11.6 Å². The van der Waals surface area contributed by atoms with Gasteiger partial charge in [0.25, 0.3) is 5.69 Å². The smallest absolute Gasteiger partial charge is 0.288 e. The second-order valence-electron chi connectivity index (χ2n) is 7.93. The molecule has 156 valence electrons. The highest BCUT2D eigenvalue weighted by molar-refractivity contribution is 6.32. The van der Waals surface area contributed by atoms with Crippen LogP contribution in [0.15, 0.2) is 71.8 Å². The van der Waals surface area contributed by atoms with E-state index in [-0.39, 0.29) is 10.7 Å². The van der Waals surface area contributed by atoms with E-state index < -0.39 is 4.92 Å². The van der Waals surface area contributed by atoms with Crippen molar-refractivity contribution in [3.8, 4) is 11.1 Å². The van der Waals surface area contributed by atoms with Gasteiger partial charge in [-0.05, 0) is 17.2 Å². The summed E-state index contributed by atoms with van der Waals surface area (Å²) >= 11 is 5.89. The number of quaternary nitrogens is 1. The fourth-order valence-electron chi connectivity index (χ4n) is 4.68. The summed E-state index contributed by atoms with van der Waals surface area (Å²) < 4.78 is 0. The van der Waals surface area contributed by atoms with Gasteiger partial charge in [0.1, 0.15) is 11.1 Å². The maximum atomic E-state index is 11.1. The quantitative estimate of drug-likeness (QED) is 0.389. The van der Waals surface area contributed by atoms with Crippen LogP contribution < -0.4 is 4.90 Å². The van der Waals surface area contributed by atoms with E-state index in [2.05, 4.69) is 53.6 Å². The number of nitrogens with one attached hydrogen (secondary N) is 1. The molecule has 0 atom stereocenters. The van der Waals surface area contributed by atoms with Crippen LogP contribution in [0.25, 0.3) is 11.1 Å². The number of nitrogens with zero attached hydrogens (tertiary/aromatic N) is 3. The molecule has 1 aliphatic heterocycles. The van der Waals surface area contributed by atoms with Crippen molar-refractivity contribution >= 4 is 23.5 Å². The van der Waals surface area contributed by atoms with E-state index in [1.807, 2.05) is 5.01 Å². The van der Waals surface area contributed by atoms with Gasteiger partial charge in [0, 0.05) is 22.8 Å². The molecule has 0 unspecified atom stereocenters. The summed E-state index contributed by atoms with van der Waals surface area (Å²) in [5.74, 6) is 0. The van der Waals surface area contributed by atoms with Crippen molar-refractivity contribution in [3.05, 3.63) is 98.6 Å². The number of hydrogen-bond donors (Lipinski definition) is 1. The van der Waals surface area contributed by atoms with Crippen molar-refractivity contribution < 1.29 is 9.82 Å². The molecule has 1 saturated heterocycles. The zero-order chi connectivity index (χ0) is 21.4. The molecule has 2 aliphatic rings. The highest BCUT2D eigenvalue weighted by atomic mass is 35.5. The Morgan fingerprint density at radius 2 is 1.61 bits per heavy atom. The maximum Gasteiger partial charge on any atom is 0.288 e. The molecule has 1 fully saturated rings. The monoisotopic (exact) mass is 433 g/mol. The van der Waals surface area contributed by atoms with Gasteiger partial charge in [0.05, 0.1) is 37.3 Å². The van der Waals surface area contributed by atoms with Crippen molar-refractivity contribution in [2.24, 2.45) is 5.10 Å². The van der Waals surface area contributed by atoms with E-state index in [0.717, 1.165) is 26.2 Å². The van der Waals surface area contributed by atoms with Gasteiger partial charge in [-0.3, -0.25) is 15.1 Å². The van der Waals surface area contributed by atoms with Crippen LogP contribution in [0, 0.1) is 10.1 Å². The Morgan fingerprint density at radius 3 is 2.23 bits per heavy atom. The predicted molar refractivity (Wildman–Crippen MR) is 122 cm³/mol. The standard InChI is InChI=1S/C24H21ClN4O2/c25-22-10-9-17(15-23(22)29(30)31)16-26-28-13-11-27(12-14-28)24-20-7-3-1-5-18(20)19-6-2-4-8-21(19)24/h1-10,15-16,24H,11-14H2/p+1/b26-16-. The van der Waals surface area contributed by atoms with Crippen LogP contribution in [0.3, 0.4) is 0 Å². The molecule has 0 radical (unpaired) electrons. The average Bonchev–Trinajstić information content (AvgIpc) is 3.13. The van der Waals surface area contributed by atoms with Crippen LogP contribution in [0.4, 0.5) is 5.69 Å². The molecule has 0 bridgehead atoms. The van der Waals surface area contributed by atoms with Crippen LogP contribution in [-0.2, 0) is 0 Å². The van der Waals surface area contributed by atoms with Crippen molar-refractivity contribution in [2.75, 3.05) is 26.2 Å². The number of nitro groups is 1. The van der Waals surface area contributed by atoms with Gasteiger partial charge in [-0.15, -0.1) is 0 Å². The zero-order valence-corrected chi connectivity index (χ0v) is 17.6. The lowest BCUT2D eigenvalue weighted by atomic mass is 10.0. The van der Waals surface area contributed by atoms with E-state index in [9.17, 15) is 10.1 Å². The molecule has 0 saturated carbocycles. The van der Waals surface area contributed by atoms with E-state index in [1.165, 1.54) is 34.4 Å². The Kier molecular flexibility index (Phi) is 5.18. The SMILES string of the molecule is O=[N+]([O-])c1cc(/C=N\N2CC[NH+](C3c4ccccc4-c4ccccc43)CC2)ccc1Cl. The van der Waals surface area contributed by atoms with Crippen LogP contribution in [0.1, 0.15) is 22.7 Å². The molecule has 0 amide bonds.